The van der Waals surface area contributed by atoms with E-state index in [0.717, 1.165) is 12.8 Å². The van der Waals surface area contributed by atoms with Crippen LogP contribution in [0.4, 0.5) is 0 Å². The zero-order valence-electron chi connectivity index (χ0n) is 16.9. The Balaban J connectivity index is 3.49. The van der Waals surface area contributed by atoms with Gasteiger partial charge in [-0.2, -0.15) is 0 Å². The summed E-state index contributed by atoms with van der Waals surface area (Å²) in [5, 5.41) is 0. The maximum Gasteiger partial charge on any atom is 0.302 e. The smallest absolute Gasteiger partial charge is 0.302 e. The maximum absolute atomic E-state index is 11.2. The molecule has 0 spiro atoms. The lowest BCUT2D eigenvalue weighted by molar-refractivity contribution is -0.147. The fraction of sp³-hybridized carbons (Fsp3) is 0.955. The first-order valence-corrected chi connectivity index (χ1v) is 10.9. The van der Waals surface area contributed by atoms with Gasteiger partial charge in [0.2, 0.25) is 0 Å². The summed E-state index contributed by atoms with van der Waals surface area (Å²) in [6, 6.07) is 0. The van der Waals surface area contributed by atoms with E-state index in [-0.39, 0.29) is 12.1 Å². The van der Waals surface area contributed by atoms with Gasteiger partial charge in [-0.15, -0.1) is 0 Å². The quantitative estimate of drug-likeness (QED) is 0.190. The molecule has 0 heterocycles. The van der Waals surface area contributed by atoms with Crippen LogP contribution in [0.5, 0.6) is 0 Å². The minimum absolute atomic E-state index is 0.112. The van der Waals surface area contributed by atoms with Crippen LogP contribution < -0.4 is 0 Å². The fourth-order valence-electron chi connectivity index (χ4n) is 3.33. The molecule has 0 aliphatic carbocycles. The highest BCUT2D eigenvalue weighted by molar-refractivity contribution is 5.66. The lowest BCUT2D eigenvalue weighted by atomic mass is 10.0. The van der Waals surface area contributed by atoms with E-state index in [4.69, 9.17) is 4.74 Å². The van der Waals surface area contributed by atoms with Gasteiger partial charge in [-0.25, -0.2) is 0 Å². The molecule has 0 aromatic heterocycles. The summed E-state index contributed by atoms with van der Waals surface area (Å²) in [5.74, 6) is -0.112. The first-order chi connectivity index (χ1) is 11.7. The summed E-state index contributed by atoms with van der Waals surface area (Å²) in [6.45, 7) is 6.05. The monoisotopic (exact) mass is 340 g/mol. The highest BCUT2D eigenvalue weighted by Crippen LogP contribution is 2.17. The van der Waals surface area contributed by atoms with Crippen LogP contribution in [0.1, 0.15) is 130 Å². The second-order valence-electron chi connectivity index (χ2n) is 7.40. The van der Waals surface area contributed by atoms with Gasteiger partial charge < -0.3 is 4.74 Å². The van der Waals surface area contributed by atoms with Crippen LogP contribution >= 0.6 is 0 Å². The van der Waals surface area contributed by atoms with Gasteiger partial charge in [-0.1, -0.05) is 97.3 Å². The molecule has 144 valence electrons. The minimum atomic E-state index is -0.112. The second kappa shape index (κ2) is 18.8. The van der Waals surface area contributed by atoms with Crippen molar-refractivity contribution >= 4 is 5.97 Å². The van der Waals surface area contributed by atoms with Crippen molar-refractivity contribution in [1.29, 1.82) is 0 Å². The van der Waals surface area contributed by atoms with Crippen molar-refractivity contribution in [2.75, 3.05) is 0 Å². The molecule has 0 aromatic rings. The van der Waals surface area contributed by atoms with Crippen LogP contribution in [0.25, 0.3) is 0 Å². The molecule has 0 aromatic carbocycles. The van der Waals surface area contributed by atoms with E-state index in [1.54, 1.807) is 6.92 Å². The van der Waals surface area contributed by atoms with E-state index in [9.17, 15) is 4.79 Å². The molecule has 0 aliphatic rings. The summed E-state index contributed by atoms with van der Waals surface area (Å²) in [5.41, 5.74) is 0. The van der Waals surface area contributed by atoms with Gasteiger partial charge in [0.15, 0.2) is 0 Å². The summed E-state index contributed by atoms with van der Waals surface area (Å²) in [6.07, 6.45) is 22.4. The van der Waals surface area contributed by atoms with Crippen molar-refractivity contribution in [1.82, 2.24) is 0 Å². The predicted octanol–water partition coefficient (Wildman–Crippen LogP) is 7.59. The van der Waals surface area contributed by atoms with Gasteiger partial charge in [0, 0.05) is 6.92 Å². The van der Waals surface area contributed by atoms with Crippen LogP contribution in [-0.4, -0.2) is 12.1 Å². The number of ether oxygens (including phenoxy) is 1. The number of carbonyl (C=O) groups is 1. The average molecular weight is 341 g/mol. The zero-order chi connectivity index (χ0) is 17.9. The molecular formula is C22H44O2. The first-order valence-electron chi connectivity index (χ1n) is 10.9. The molecule has 24 heavy (non-hydrogen) atoms. The number of hydrogen-bond acceptors (Lipinski definition) is 2. The lowest BCUT2D eigenvalue weighted by Gasteiger charge is -2.17. The molecular weight excluding hydrogens is 296 g/mol. The molecule has 0 saturated carbocycles. The molecule has 2 heteroatoms. The van der Waals surface area contributed by atoms with E-state index in [0.29, 0.717) is 0 Å². The number of unbranched alkanes of at least 4 members (excludes halogenated alkanes) is 13. The standard InChI is InChI=1S/C22H44O2/c1-4-6-8-10-11-12-13-14-15-16-18-20-22(24-21(3)23)19-17-9-7-5-2/h22H,4-20H2,1-3H3. The van der Waals surface area contributed by atoms with Crippen LogP contribution in [0, 0.1) is 0 Å². The Labute approximate surface area is 152 Å². The van der Waals surface area contributed by atoms with Gasteiger partial charge in [0.05, 0.1) is 0 Å². The highest BCUT2D eigenvalue weighted by atomic mass is 16.5. The Kier molecular flexibility index (Phi) is 18.4. The van der Waals surface area contributed by atoms with Gasteiger partial charge in [-0.3, -0.25) is 4.79 Å². The molecule has 0 aliphatic heterocycles. The summed E-state index contributed by atoms with van der Waals surface area (Å²) >= 11 is 0. The van der Waals surface area contributed by atoms with Crippen molar-refractivity contribution in [3.05, 3.63) is 0 Å². The van der Waals surface area contributed by atoms with Crippen LogP contribution in [0.2, 0.25) is 0 Å². The molecule has 2 nitrogen and oxygen atoms in total. The minimum Gasteiger partial charge on any atom is -0.463 e. The highest BCUT2D eigenvalue weighted by Gasteiger charge is 2.11. The Morgan fingerprint density at radius 1 is 0.625 bits per heavy atom. The Morgan fingerprint density at radius 2 is 0.958 bits per heavy atom. The van der Waals surface area contributed by atoms with Crippen molar-refractivity contribution in [3.63, 3.8) is 0 Å². The molecule has 1 atom stereocenters. The van der Waals surface area contributed by atoms with Crippen LogP contribution in [0.3, 0.4) is 0 Å². The normalized spacial score (nSPS) is 12.3. The molecule has 0 bridgehead atoms. The Bertz CT molecular complexity index is 263. The number of rotatable bonds is 18. The predicted molar refractivity (Wildman–Crippen MR) is 105 cm³/mol. The molecule has 0 amide bonds. The van der Waals surface area contributed by atoms with Crippen molar-refractivity contribution in [3.8, 4) is 0 Å². The molecule has 0 fully saturated rings. The number of hydrogen-bond donors (Lipinski definition) is 0. The average Bonchev–Trinajstić information content (AvgIpc) is 2.55. The van der Waals surface area contributed by atoms with Crippen LogP contribution in [0.15, 0.2) is 0 Å². The Morgan fingerprint density at radius 3 is 1.33 bits per heavy atom. The molecule has 0 rings (SSSR count). The van der Waals surface area contributed by atoms with E-state index in [1.165, 1.54) is 96.3 Å². The third-order valence-corrected chi connectivity index (χ3v) is 4.84. The lowest BCUT2D eigenvalue weighted by Crippen LogP contribution is -2.16. The largest absolute Gasteiger partial charge is 0.463 e. The summed E-state index contributed by atoms with van der Waals surface area (Å²) in [4.78, 5) is 11.2. The van der Waals surface area contributed by atoms with E-state index >= 15 is 0 Å². The fourth-order valence-corrected chi connectivity index (χ4v) is 3.33. The van der Waals surface area contributed by atoms with E-state index in [2.05, 4.69) is 13.8 Å². The van der Waals surface area contributed by atoms with Crippen molar-refractivity contribution in [2.45, 2.75) is 136 Å². The third-order valence-electron chi connectivity index (χ3n) is 4.84. The van der Waals surface area contributed by atoms with Crippen LogP contribution in [-0.2, 0) is 9.53 Å². The first kappa shape index (κ1) is 23.5. The summed E-state index contributed by atoms with van der Waals surface area (Å²) < 4.78 is 5.48. The summed E-state index contributed by atoms with van der Waals surface area (Å²) in [7, 11) is 0. The SMILES string of the molecule is CCCCCCCCCCCCCC(CCCCCC)OC(C)=O. The molecule has 1 unspecified atom stereocenters. The van der Waals surface area contributed by atoms with Gasteiger partial charge in [-0.05, 0) is 25.7 Å². The van der Waals surface area contributed by atoms with E-state index in [1.807, 2.05) is 0 Å². The maximum atomic E-state index is 11.2. The molecule has 0 N–H and O–H groups in total. The van der Waals surface area contributed by atoms with E-state index < -0.39 is 0 Å². The molecule has 0 radical (unpaired) electrons. The number of esters is 1. The van der Waals surface area contributed by atoms with Gasteiger partial charge in [0.25, 0.3) is 0 Å². The third kappa shape index (κ3) is 17.8. The topological polar surface area (TPSA) is 26.3 Å². The van der Waals surface area contributed by atoms with Crippen molar-refractivity contribution < 1.29 is 9.53 Å². The van der Waals surface area contributed by atoms with Crippen molar-refractivity contribution in [2.24, 2.45) is 0 Å². The van der Waals surface area contributed by atoms with Gasteiger partial charge in [0.1, 0.15) is 6.10 Å². The molecule has 0 saturated heterocycles. The number of carbonyl (C=O) groups excluding carboxylic acids is 1. The van der Waals surface area contributed by atoms with Gasteiger partial charge >= 0.3 is 5.97 Å². The second-order valence-corrected chi connectivity index (χ2v) is 7.40. The Hall–Kier alpha value is -0.530. The zero-order valence-corrected chi connectivity index (χ0v) is 16.9.